The maximum absolute atomic E-state index is 13.6. The number of benzene rings is 3. The van der Waals surface area contributed by atoms with Crippen molar-refractivity contribution in [3.8, 4) is 11.5 Å². The first kappa shape index (κ1) is 25.5. The summed E-state index contributed by atoms with van der Waals surface area (Å²) in [7, 11) is 1.59. The van der Waals surface area contributed by atoms with Crippen LogP contribution in [0.1, 0.15) is 55.0 Å². The molecule has 0 aliphatic heterocycles. The number of fused-ring (bicyclic) bond motifs is 1. The van der Waals surface area contributed by atoms with Crippen molar-refractivity contribution in [1.82, 2.24) is 9.66 Å². The summed E-state index contributed by atoms with van der Waals surface area (Å²) >= 11 is 9.88. The Morgan fingerprint density at radius 1 is 1.11 bits per heavy atom. The number of halogens is 2. The predicted octanol–water partition coefficient (Wildman–Crippen LogP) is 7.33. The van der Waals surface area contributed by atoms with E-state index < -0.39 is 0 Å². The van der Waals surface area contributed by atoms with Crippen LogP contribution in [0, 0.1) is 0 Å². The van der Waals surface area contributed by atoms with E-state index in [1.165, 1.54) is 11.1 Å². The molecule has 0 amide bonds. The predicted molar refractivity (Wildman–Crippen MR) is 151 cm³/mol. The minimum atomic E-state index is -0.178. The number of nitrogens with zero attached hydrogens (tertiary/aromatic N) is 3. The van der Waals surface area contributed by atoms with Crippen LogP contribution in [0.15, 0.2) is 75.0 Å². The maximum atomic E-state index is 13.6. The zero-order valence-electron chi connectivity index (χ0n) is 20.5. The fraction of sp³-hybridized carbons (Fsp3) is 0.276. The SMILES string of the molecule is COc1cc(Br)cc(C=Nn2c(C3CCCCC3)nc3ccccc3c2=O)c1OCc1ccccc1Cl. The zero-order valence-corrected chi connectivity index (χ0v) is 22.8. The van der Waals surface area contributed by atoms with Gasteiger partial charge >= 0.3 is 0 Å². The Balaban J connectivity index is 1.58. The molecule has 0 bridgehead atoms. The van der Waals surface area contributed by atoms with Gasteiger partial charge in [0.15, 0.2) is 11.5 Å². The van der Waals surface area contributed by atoms with E-state index in [0.717, 1.165) is 35.7 Å². The quantitative estimate of drug-likeness (QED) is 0.215. The lowest BCUT2D eigenvalue weighted by Crippen LogP contribution is -2.25. The van der Waals surface area contributed by atoms with Crippen LogP contribution >= 0.6 is 27.5 Å². The molecule has 0 atom stereocenters. The lowest BCUT2D eigenvalue weighted by atomic mass is 9.88. The van der Waals surface area contributed by atoms with E-state index >= 15 is 0 Å². The highest BCUT2D eigenvalue weighted by Crippen LogP contribution is 2.36. The van der Waals surface area contributed by atoms with E-state index in [1.54, 1.807) is 19.4 Å². The van der Waals surface area contributed by atoms with Gasteiger partial charge in [-0.3, -0.25) is 4.79 Å². The average molecular weight is 581 g/mol. The Bertz CT molecular complexity index is 1510. The Labute approximate surface area is 229 Å². The second-order valence-corrected chi connectivity index (χ2v) is 10.4. The molecule has 1 saturated carbocycles. The third kappa shape index (κ3) is 5.58. The molecule has 5 rings (SSSR count). The molecule has 1 heterocycles. The minimum Gasteiger partial charge on any atom is -0.493 e. The number of para-hydroxylation sites is 1. The molecular formula is C29H27BrClN3O3. The van der Waals surface area contributed by atoms with Crippen molar-refractivity contribution < 1.29 is 9.47 Å². The first-order chi connectivity index (χ1) is 18.0. The lowest BCUT2D eigenvalue weighted by molar-refractivity contribution is 0.284. The van der Waals surface area contributed by atoms with Gasteiger partial charge in [-0.05, 0) is 43.2 Å². The fourth-order valence-corrected chi connectivity index (χ4v) is 5.40. The van der Waals surface area contributed by atoms with Crippen LogP contribution in [-0.4, -0.2) is 23.0 Å². The summed E-state index contributed by atoms with van der Waals surface area (Å²) in [5.74, 6) is 1.95. The van der Waals surface area contributed by atoms with Gasteiger partial charge in [-0.15, -0.1) is 0 Å². The van der Waals surface area contributed by atoms with Crippen LogP contribution < -0.4 is 15.0 Å². The highest BCUT2D eigenvalue weighted by molar-refractivity contribution is 9.10. The molecule has 6 nitrogen and oxygen atoms in total. The van der Waals surface area contributed by atoms with Crippen LogP contribution in [0.4, 0.5) is 0 Å². The Hall–Kier alpha value is -3.16. The third-order valence-corrected chi connectivity index (χ3v) is 7.49. The number of aromatic nitrogens is 2. The molecule has 0 N–H and O–H groups in total. The molecule has 37 heavy (non-hydrogen) atoms. The molecule has 4 aromatic rings. The van der Waals surface area contributed by atoms with E-state index in [-0.39, 0.29) is 18.1 Å². The molecule has 1 fully saturated rings. The second-order valence-electron chi connectivity index (χ2n) is 9.09. The monoisotopic (exact) mass is 579 g/mol. The van der Waals surface area contributed by atoms with Crippen molar-refractivity contribution in [2.75, 3.05) is 7.11 Å². The van der Waals surface area contributed by atoms with Crippen LogP contribution in [-0.2, 0) is 6.61 Å². The Morgan fingerprint density at radius 3 is 2.65 bits per heavy atom. The summed E-state index contributed by atoms with van der Waals surface area (Å²) in [5.41, 5.74) is 2.04. The van der Waals surface area contributed by atoms with Crippen molar-refractivity contribution in [3.05, 3.63) is 97.5 Å². The van der Waals surface area contributed by atoms with Crippen LogP contribution in [0.25, 0.3) is 10.9 Å². The molecule has 0 spiro atoms. The topological polar surface area (TPSA) is 65.7 Å². The number of ether oxygens (including phenoxy) is 2. The smallest absolute Gasteiger partial charge is 0.282 e. The summed E-state index contributed by atoms with van der Waals surface area (Å²) in [6.07, 6.45) is 7.09. The molecule has 1 aromatic heterocycles. The number of hydrogen-bond acceptors (Lipinski definition) is 5. The van der Waals surface area contributed by atoms with E-state index in [0.29, 0.717) is 38.8 Å². The van der Waals surface area contributed by atoms with Gasteiger partial charge in [0.1, 0.15) is 12.4 Å². The van der Waals surface area contributed by atoms with Crippen molar-refractivity contribution >= 4 is 44.6 Å². The van der Waals surface area contributed by atoms with Crippen LogP contribution in [0.5, 0.6) is 11.5 Å². The average Bonchev–Trinajstić information content (AvgIpc) is 2.92. The number of rotatable bonds is 7. The van der Waals surface area contributed by atoms with Gasteiger partial charge in [-0.1, -0.05) is 77.1 Å². The molecule has 8 heteroatoms. The molecular weight excluding hydrogens is 554 g/mol. The molecule has 0 unspecified atom stereocenters. The molecule has 0 radical (unpaired) electrons. The van der Waals surface area contributed by atoms with E-state index in [1.807, 2.05) is 54.6 Å². The Morgan fingerprint density at radius 2 is 1.86 bits per heavy atom. The highest BCUT2D eigenvalue weighted by Gasteiger charge is 2.22. The molecule has 190 valence electrons. The first-order valence-corrected chi connectivity index (χ1v) is 13.5. The van der Waals surface area contributed by atoms with Gasteiger partial charge in [0.05, 0.1) is 24.2 Å². The van der Waals surface area contributed by atoms with Gasteiger partial charge in [0, 0.05) is 26.5 Å². The molecule has 1 aliphatic carbocycles. The second kappa shape index (κ2) is 11.5. The van der Waals surface area contributed by atoms with Gasteiger partial charge in [0.2, 0.25) is 0 Å². The van der Waals surface area contributed by atoms with E-state index in [2.05, 4.69) is 21.0 Å². The standard InChI is InChI=1S/C29H27BrClN3O3/c1-36-26-16-22(30)15-21(27(26)37-18-20-11-5-7-13-24(20)31)17-32-34-28(19-9-3-2-4-10-19)33-25-14-8-6-12-23(25)29(34)35/h5-8,11-17,19H,2-4,9-10,18H2,1H3. The summed E-state index contributed by atoms with van der Waals surface area (Å²) in [5, 5.41) is 5.85. The van der Waals surface area contributed by atoms with Crippen LogP contribution in [0.3, 0.4) is 0 Å². The normalized spacial score (nSPS) is 14.4. The zero-order chi connectivity index (χ0) is 25.8. The van der Waals surface area contributed by atoms with Crippen molar-refractivity contribution in [2.24, 2.45) is 5.10 Å². The Kier molecular flexibility index (Phi) is 7.91. The summed E-state index contributed by atoms with van der Waals surface area (Å²) in [6, 6.07) is 18.7. The first-order valence-electron chi connectivity index (χ1n) is 12.3. The number of methoxy groups -OCH3 is 1. The minimum absolute atomic E-state index is 0.178. The number of hydrogen-bond donors (Lipinski definition) is 0. The molecule has 1 aliphatic rings. The van der Waals surface area contributed by atoms with Crippen LogP contribution in [0.2, 0.25) is 5.02 Å². The van der Waals surface area contributed by atoms with Crippen molar-refractivity contribution in [1.29, 1.82) is 0 Å². The van der Waals surface area contributed by atoms with Gasteiger partial charge in [-0.25, -0.2) is 4.98 Å². The summed E-state index contributed by atoms with van der Waals surface area (Å²) in [6.45, 7) is 0.253. The molecule has 0 saturated heterocycles. The highest BCUT2D eigenvalue weighted by atomic mass is 79.9. The van der Waals surface area contributed by atoms with E-state index in [4.69, 9.17) is 26.1 Å². The van der Waals surface area contributed by atoms with Crippen molar-refractivity contribution in [3.63, 3.8) is 0 Å². The largest absolute Gasteiger partial charge is 0.493 e. The third-order valence-electron chi connectivity index (χ3n) is 6.66. The lowest BCUT2D eigenvalue weighted by Gasteiger charge is -2.22. The fourth-order valence-electron chi connectivity index (χ4n) is 4.75. The van der Waals surface area contributed by atoms with Crippen molar-refractivity contribution in [2.45, 2.75) is 44.6 Å². The van der Waals surface area contributed by atoms with Gasteiger partial charge in [-0.2, -0.15) is 9.78 Å². The van der Waals surface area contributed by atoms with E-state index in [9.17, 15) is 4.79 Å². The summed E-state index contributed by atoms with van der Waals surface area (Å²) in [4.78, 5) is 18.5. The molecule has 3 aromatic carbocycles. The summed E-state index contributed by atoms with van der Waals surface area (Å²) < 4.78 is 14.1. The maximum Gasteiger partial charge on any atom is 0.282 e. The van der Waals surface area contributed by atoms with Gasteiger partial charge < -0.3 is 9.47 Å². The van der Waals surface area contributed by atoms with Gasteiger partial charge in [0.25, 0.3) is 5.56 Å².